The molecule has 2 aliphatic rings. The van der Waals surface area contributed by atoms with Gasteiger partial charge in [-0.05, 0) is 42.0 Å². The van der Waals surface area contributed by atoms with Crippen LogP contribution in [0.5, 0.6) is 46.0 Å². The molecule has 0 amide bonds. The van der Waals surface area contributed by atoms with Gasteiger partial charge < -0.3 is 48.8 Å². The zero-order valence-corrected chi connectivity index (χ0v) is 24.9. The van der Waals surface area contributed by atoms with Crippen LogP contribution in [-0.4, -0.2) is 64.1 Å². The third-order valence-electron chi connectivity index (χ3n) is 7.56. The summed E-state index contributed by atoms with van der Waals surface area (Å²) in [7, 11) is 1.38. The number of aliphatic hydroxyl groups is 1. The van der Waals surface area contributed by atoms with E-state index in [-0.39, 0.29) is 58.0 Å². The van der Waals surface area contributed by atoms with Gasteiger partial charge in [0.15, 0.2) is 47.4 Å². The highest BCUT2D eigenvalue weighted by Crippen LogP contribution is 2.46. The molecule has 0 saturated heterocycles. The number of ether oxygens (including phenoxy) is 6. The topological polar surface area (TPSA) is 188 Å². The van der Waals surface area contributed by atoms with Crippen molar-refractivity contribution in [3.8, 4) is 46.0 Å². The molecule has 13 heteroatoms. The fourth-order valence-corrected chi connectivity index (χ4v) is 5.38. The summed E-state index contributed by atoms with van der Waals surface area (Å²) in [6.45, 7) is 0.896. The number of Topliss-reactive ketones (excluding diaryl/α,β-unsaturated/α-hetero) is 1. The van der Waals surface area contributed by atoms with Gasteiger partial charge in [-0.3, -0.25) is 9.59 Å². The first-order valence-electron chi connectivity index (χ1n) is 14.3. The fourth-order valence-electron chi connectivity index (χ4n) is 5.38. The molecule has 0 saturated carbocycles. The molecule has 0 aromatic heterocycles. The van der Waals surface area contributed by atoms with Gasteiger partial charge in [0.25, 0.3) is 0 Å². The van der Waals surface area contributed by atoms with Gasteiger partial charge in [-0.15, -0.1) is 0 Å². The second-order valence-corrected chi connectivity index (χ2v) is 10.7. The molecule has 47 heavy (non-hydrogen) atoms. The number of carbonyl (C=O) groups excluding carboxylic acids is 3. The Morgan fingerprint density at radius 1 is 0.787 bits per heavy atom. The fraction of sp³-hybridized carbons (Fsp3) is 0.206. The molecule has 4 aromatic rings. The Kier molecular flexibility index (Phi) is 8.22. The Hall–Kier alpha value is -5.95. The summed E-state index contributed by atoms with van der Waals surface area (Å²) in [5.74, 6) is -2.66. The molecule has 242 valence electrons. The largest absolute Gasteiger partial charge is 0.508 e. The Morgan fingerprint density at radius 3 is 2.28 bits per heavy atom. The summed E-state index contributed by atoms with van der Waals surface area (Å²) < 4.78 is 34.4. The van der Waals surface area contributed by atoms with Crippen LogP contribution in [0.3, 0.4) is 0 Å². The molecule has 4 aromatic carbocycles. The number of para-hydroxylation sites is 1. The number of hydrogen-bond acceptors (Lipinski definition) is 13. The number of phenols is 3. The molecule has 13 nitrogen and oxygen atoms in total. The molecule has 4 atom stereocenters. The Bertz CT molecular complexity index is 1880. The molecular formula is C34H28O13. The molecule has 0 radical (unpaired) electrons. The van der Waals surface area contributed by atoms with E-state index < -0.39 is 47.9 Å². The number of phenolic OH excluding ortho intramolecular Hbond substituents is 3. The number of rotatable bonds is 7. The summed E-state index contributed by atoms with van der Waals surface area (Å²) in [6.07, 6.45) is -4.78. The first-order chi connectivity index (χ1) is 22.5. The van der Waals surface area contributed by atoms with E-state index in [2.05, 4.69) is 0 Å². The molecule has 0 fully saturated rings. The Labute approximate surface area is 267 Å². The van der Waals surface area contributed by atoms with E-state index in [1.807, 2.05) is 0 Å². The standard InChI is InChI=1S/C34H28O13/c1-16(35)44-23-6-4-3-5-20(23)34(41)43-15-28-32(17-7-9-21(37)25(11-17)42-2)46-26-12-18(8-10-24(26)45-28)33-31(40)30(39)29-22(38)13-19(36)14-27(29)47-33/h3-14,28,31-33,36-38,40H,15H2,1-2H3/t28-,31+,32-,33-/m0/s1. The second kappa shape index (κ2) is 12.4. The number of aliphatic hydroxyl groups excluding tert-OH is 1. The lowest BCUT2D eigenvalue weighted by atomic mass is 9.92. The van der Waals surface area contributed by atoms with E-state index in [0.717, 1.165) is 12.1 Å². The smallest absolute Gasteiger partial charge is 0.342 e. The van der Waals surface area contributed by atoms with Crippen LogP contribution < -0.4 is 23.7 Å². The number of aromatic hydroxyl groups is 3. The number of benzene rings is 4. The van der Waals surface area contributed by atoms with Crippen LogP contribution in [0.15, 0.2) is 72.8 Å². The summed E-state index contributed by atoms with van der Waals surface area (Å²) >= 11 is 0. The molecule has 0 unspecified atom stereocenters. The molecule has 2 heterocycles. The number of esters is 2. The van der Waals surface area contributed by atoms with Crippen LogP contribution in [-0.2, 0) is 9.53 Å². The predicted octanol–water partition coefficient (Wildman–Crippen LogP) is 4.15. The number of carbonyl (C=O) groups is 3. The minimum absolute atomic E-state index is 0.0242. The second-order valence-electron chi connectivity index (χ2n) is 10.7. The maximum atomic E-state index is 13.1. The lowest BCUT2D eigenvalue weighted by molar-refractivity contribution is -0.131. The van der Waals surface area contributed by atoms with Crippen LogP contribution in [0.2, 0.25) is 0 Å². The van der Waals surface area contributed by atoms with Crippen molar-refractivity contribution >= 4 is 17.7 Å². The molecule has 0 spiro atoms. The van der Waals surface area contributed by atoms with Crippen LogP contribution in [0.4, 0.5) is 0 Å². The van der Waals surface area contributed by atoms with Gasteiger partial charge in [-0.1, -0.05) is 24.3 Å². The zero-order valence-electron chi connectivity index (χ0n) is 24.9. The van der Waals surface area contributed by atoms with E-state index in [9.17, 15) is 34.8 Å². The summed E-state index contributed by atoms with van der Waals surface area (Å²) in [5, 5.41) is 41.1. The van der Waals surface area contributed by atoms with Crippen molar-refractivity contribution < 1.29 is 63.2 Å². The van der Waals surface area contributed by atoms with Crippen molar-refractivity contribution in [1.29, 1.82) is 0 Å². The van der Waals surface area contributed by atoms with E-state index in [1.54, 1.807) is 24.3 Å². The van der Waals surface area contributed by atoms with Crippen molar-refractivity contribution in [3.63, 3.8) is 0 Å². The number of hydrogen-bond donors (Lipinski definition) is 4. The predicted molar refractivity (Wildman–Crippen MR) is 160 cm³/mol. The van der Waals surface area contributed by atoms with Gasteiger partial charge in [0, 0.05) is 24.6 Å². The van der Waals surface area contributed by atoms with Gasteiger partial charge in [0.2, 0.25) is 5.78 Å². The summed E-state index contributed by atoms with van der Waals surface area (Å²) in [6, 6.07) is 17.3. The number of fused-ring (bicyclic) bond motifs is 2. The first kappa shape index (κ1) is 31.0. The maximum Gasteiger partial charge on any atom is 0.342 e. The Morgan fingerprint density at radius 2 is 1.51 bits per heavy atom. The lowest BCUT2D eigenvalue weighted by Gasteiger charge is -2.35. The van der Waals surface area contributed by atoms with Crippen LogP contribution >= 0.6 is 0 Å². The van der Waals surface area contributed by atoms with Crippen molar-refractivity contribution in [1.82, 2.24) is 0 Å². The van der Waals surface area contributed by atoms with Crippen LogP contribution in [0.1, 0.15) is 51.0 Å². The van der Waals surface area contributed by atoms with Crippen LogP contribution in [0, 0.1) is 0 Å². The quantitative estimate of drug-likeness (QED) is 0.166. The maximum absolute atomic E-state index is 13.1. The monoisotopic (exact) mass is 644 g/mol. The highest BCUT2D eigenvalue weighted by molar-refractivity contribution is 6.05. The third kappa shape index (κ3) is 6.03. The van der Waals surface area contributed by atoms with Crippen molar-refractivity contribution in [2.75, 3.05) is 13.7 Å². The molecule has 2 aliphatic heterocycles. The van der Waals surface area contributed by atoms with Gasteiger partial charge in [0.1, 0.15) is 40.7 Å². The molecule has 0 bridgehead atoms. The number of methoxy groups -OCH3 is 1. The van der Waals surface area contributed by atoms with Crippen molar-refractivity contribution in [3.05, 3.63) is 95.1 Å². The van der Waals surface area contributed by atoms with Gasteiger partial charge in [0.05, 0.1) is 7.11 Å². The third-order valence-corrected chi connectivity index (χ3v) is 7.56. The van der Waals surface area contributed by atoms with E-state index in [1.165, 1.54) is 50.4 Å². The van der Waals surface area contributed by atoms with Gasteiger partial charge >= 0.3 is 11.9 Å². The minimum atomic E-state index is -1.69. The van der Waals surface area contributed by atoms with E-state index in [0.29, 0.717) is 11.1 Å². The highest BCUT2D eigenvalue weighted by atomic mass is 16.6. The van der Waals surface area contributed by atoms with Crippen LogP contribution in [0.25, 0.3) is 0 Å². The Balaban J connectivity index is 1.30. The molecular weight excluding hydrogens is 616 g/mol. The first-order valence-corrected chi connectivity index (χ1v) is 14.3. The number of ketones is 1. The van der Waals surface area contributed by atoms with Gasteiger partial charge in [-0.25, -0.2) is 4.79 Å². The van der Waals surface area contributed by atoms with E-state index >= 15 is 0 Å². The molecule has 0 aliphatic carbocycles. The summed E-state index contributed by atoms with van der Waals surface area (Å²) in [4.78, 5) is 37.6. The minimum Gasteiger partial charge on any atom is -0.508 e. The SMILES string of the molecule is COc1cc([C@@H]2Oc3cc([C@@H]4Oc5cc(O)cc(O)c5C(=O)[C@H]4O)ccc3O[C@H]2COC(=O)c2ccccc2OC(C)=O)ccc1O. The summed E-state index contributed by atoms with van der Waals surface area (Å²) in [5.41, 5.74) is 0.575. The molecule has 4 N–H and O–H groups in total. The normalized spacial score (nSPS) is 19.6. The zero-order chi connectivity index (χ0) is 33.4. The highest BCUT2D eigenvalue weighted by Gasteiger charge is 2.41. The van der Waals surface area contributed by atoms with Crippen molar-refractivity contribution in [2.24, 2.45) is 0 Å². The molecule has 6 rings (SSSR count). The van der Waals surface area contributed by atoms with Gasteiger partial charge in [-0.2, -0.15) is 0 Å². The average Bonchev–Trinajstić information content (AvgIpc) is 3.04. The lowest BCUT2D eigenvalue weighted by Crippen LogP contribution is -2.38. The van der Waals surface area contributed by atoms with Crippen molar-refractivity contribution in [2.45, 2.75) is 31.3 Å². The van der Waals surface area contributed by atoms with E-state index in [4.69, 9.17) is 28.4 Å². The average molecular weight is 645 g/mol.